The van der Waals surface area contributed by atoms with E-state index in [9.17, 15) is 0 Å². The molecule has 0 bridgehead atoms. The van der Waals surface area contributed by atoms with E-state index in [0.29, 0.717) is 0 Å². The summed E-state index contributed by atoms with van der Waals surface area (Å²) in [6, 6.07) is 12.5. The van der Waals surface area contributed by atoms with E-state index in [2.05, 4.69) is 37.3 Å². The fraction of sp³-hybridized carbons (Fsp3) is 0.375. The van der Waals surface area contributed by atoms with E-state index in [0.717, 1.165) is 24.2 Å². The Morgan fingerprint density at radius 1 is 1.17 bits per heavy atom. The first-order valence-corrected chi connectivity index (χ1v) is 6.59. The van der Waals surface area contributed by atoms with Crippen LogP contribution in [0.25, 0.3) is 10.8 Å². The summed E-state index contributed by atoms with van der Waals surface area (Å²) < 4.78 is 5.47. The second-order valence-electron chi connectivity index (χ2n) is 4.65. The third-order valence-electron chi connectivity index (χ3n) is 3.39. The number of ether oxygens (including phenoxy) is 1. The summed E-state index contributed by atoms with van der Waals surface area (Å²) in [5.74, 6) is 0.900. The molecule has 0 aliphatic carbocycles. The molecule has 0 unspecified atom stereocenters. The van der Waals surface area contributed by atoms with Gasteiger partial charge in [0.15, 0.2) is 0 Å². The van der Waals surface area contributed by atoms with Gasteiger partial charge in [-0.05, 0) is 23.3 Å². The quantitative estimate of drug-likeness (QED) is 0.860. The molecule has 0 saturated carbocycles. The van der Waals surface area contributed by atoms with Crippen LogP contribution in [0.4, 0.5) is 0 Å². The first kappa shape index (κ1) is 12.9. The Balaban J connectivity index is 2.50. The predicted octanol–water partition coefficient (Wildman–Crippen LogP) is 4.04. The molecule has 18 heavy (non-hydrogen) atoms. The lowest BCUT2D eigenvalue weighted by molar-refractivity contribution is 0.404. The molecule has 1 atom stereocenters. The second-order valence-corrected chi connectivity index (χ2v) is 4.65. The van der Waals surface area contributed by atoms with Crippen LogP contribution in [0, 0.1) is 0 Å². The van der Waals surface area contributed by atoms with Crippen LogP contribution in [0.2, 0.25) is 0 Å². The van der Waals surface area contributed by atoms with Crippen LogP contribution in [-0.4, -0.2) is 7.11 Å². The summed E-state index contributed by atoms with van der Waals surface area (Å²) in [6.07, 6.45) is 3.31. The van der Waals surface area contributed by atoms with Crippen LogP contribution in [0.15, 0.2) is 36.4 Å². The van der Waals surface area contributed by atoms with Crippen molar-refractivity contribution in [2.75, 3.05) is 7.11 Å². The molecule has 2 aromatic carbocycles. The number of rotatable bonds is 5. The number of hydrogen-bond acceptors (Lipinski definition) is 2. The van der Waals surface area contributed by atoms with Crippen LogP contribution < -0.4 is 10.5 Å². The molecule has 0 saturated heterocycles. The molecule has 96 valence electrons. The van der Waals surface area contributed by atoms with E-state index in [1.54, 1.807) is 7.11 Å². The van der Waals surface area contributed by atoms with Crippen molar-refractivity contribution < 1.29 is 4.74 Å². The average Bonchev–Trinajstić information content (AvgIpc) is 2.43. The summed E-state index contributed by atoms with van der Waals surface area (Å²) in [5, 5.41) is 2.43. The fourth-order valence-electron chi connectivity index (χ4n) is 2.40. The monoisotopic (exact) mass is 243 g/mol. The van der Waals surface area contributed by atoms with Gasteiger partial charge in [-0.15, -0.1) is 0 Å². The molecule has 2 rings (SSSR count). The van der Waals surface area contributed by atoms with Crippen molar-refractivity contribution in [3.63, 3.8) is 0 Å². The molecule has 0 amide bonds. The number of hydrogen-bond donors (Lipinski definition) is 1. The highest BCUT2D eigenvalue weighted by Gasteiger charge is 2.14. The highest BCUT2D eigenvalue weighted by atomic mass is 16.5. The van der Waals surface area contributed by atoms with Crippen molar-refractivity contribution in [1.29, 1.82) is 0 Å². The molecule has 2 nitrogen and oxygen atoms in total. The van der Waals surface area contributed by atoms with Crippen LogP contribution in [0.3, 0.4) is 0 Å². The molecule has 0 radical (unpaired) electrons. The third kappa shape index (κ3) is 2.49. The van der Waals surface area contributed by atoms with Crippen molar-refractivity contribution in [3.05, 3.63) is 42.0 Å². The Bertz CT molecular complexity index is 521. The SMILES string of the molecule is CCCC[C@H](N)c1c(OC)ccc2ccccc12. The number of benzene rings is 2. The van der Waals surface area contributed by atoms with Crippen molar-refractivity contribution in [1.82, 2.24) is 0 Å². The lowest BCUT2D eigenvalue weighted by Gasteiger charge is -2.18. The van der Waals surface area contributed by atoms with Crippen LogP contribution >= 0.6 is 0 Å². The maximum atomic E-state index is 6.34. The van der Waals surface area contributed by atoms with Gasteiger partial charge in [0, 0.05) is 11.6 Å². The zero-order chi connectivity index (χ0) is 13.0. The Labute approximate surface area is 109 Å². The standard InChI is InChI=1S/C16H21NO/c1-3-4-9-14(17)16-13-8-6-5-7-12(13)10-11-15(16)18-2/h5-8,10-11,14H,3-4,9,17H2,1-2H3/t14-/m0/s1. The van der Waals surface area contributed by atoms with Crippen molar-refractivity contribution in [3.8, 4) is 5.75 Å². The molecule has 2 N–H and O–H groups in total. The van der Waals surface area contributed by atoms with Crippen LogP contribution in [-0.2, 0) is 0 Å². The Kier molecular flexibility index (Phi) is 4.21. The topological polar surface area (TPSA) is 35.2 Å². The highest BCUT2D eigenvalue weighted by molar-refractivity contribution is 5.88. The summed E-state index contributed by atoms with van der Waals surface area (Å²) >= 11 is 0. The van der Waals surface area contributed by atoms with Gasteiger partial charge in [-0.2, -0.15) is 0 Å². The van der Waals surface area contributed by atoms with Crippen molar-refractivity contribution >= 4 is 10.8 Å². The largest absolute Gasteiger partial charge is 0.496 e. The minimum Gasteiger partial charge on any atom is -0.496 e. The Morgan fingerprint density at radius 3 is 2.67 bits per heavy atom. The maximum Gasteiger partial charge on any atom is 0.124 e. The van der Waals surface area contributed by atoms with Crippen molar-refractivity contribution in [2.24, 2.45) is 5.73 Å². The first-order chi connectivity index (χ1) is 8.77. The molecule has 2 heteroatoms. The maximum absolute atomic E-state index is 6.34. The molecule has 2 aromatic rings. The number of nitrogens with two attached hydrogens (primary N) is 1. The van der Waals surface area contributed by atoms with E-state index in [4.69, 9.17) is 10.5 Å². The fourth-order valence-corrected chi connectivity index (χ4v) is 2.40. The summed E-state index contributed by atoms with van der Waals surface area (Å²) in [4.78, 5) is 0. The van der Waals surface area contributed by atoms with Crippen LogP contribution in [0.1, 0.15) is 37.8 Å². The number of unbranched alkanes of at least 4 members (excludes halogenated alkanes) is 1. The molecular formula is C16H21NO. The lowest BCUT2D eigenvalue weighted by atomic mass is 9.95. The number of fused-ring (bicyclic) bond motifs is 1. The zero-order valence-corrected chi connectivity index (χ0v) is 11.1. The summed E-state index contributed by atoms with van der Waals surface area (Å²) in [5.41, 5.74) is 7.49. The van der Waals surface area contributed by atoms with Gasteiger partial charge >= 0.3 is 0 Å². The van der Waals surface area contributed by atoms with Gasteiger partial charge in [0.1, 0.15) is 5.75 Å². The molecule has 0 aliphatic rings. The van der Waals surface area contributed by atoms with Gasteiger partial charge in [0.2, 0.25) is 0 Å². The molecular weight excluding hydrogens is 222 g/mol. The normalized spacial score (nSPS) is 12.6. The zero-order valence-electron chi connectivity index (χ0n) is 11.1. The van der Waals surface area contributed by atoms with Crippen LogP contribution in [0.5, 0.6) is 5.75 Å². The lowest BCUT2D eigenvalue weighted by Crippen LogP contribution is -2.12. The van der Waals surface area contributed by atoms with Gasteiger partial charge in [-0.1, -0.05) is 50.1 Å². The second kappa shape index (κ2) is 5.87. The van der Waals surface area contributed by atoms with Gasteiger partial charge < -0.3 is 10.5 Å². The minimum atomic E-state index is 0.0472. The van der Waals surface area contributed by atoms with E-state index >= 15 is 0 Å². The van der Waals surface area contributed by atoms with E-state index in [-0.39, 0.29) is 6.04 Å². The minimum absolute atomic E-state index is 0.0472. The summed E-state index contributed by atoms with van der Waals surface area (Å²) in [7, 11) is 1.71. The summed E-state index contributed by atoms with van der Waals surface area (Å²) in [6.45, 7) is 2.19. The average molecular weight is 243 g/mol. The number of methoxy groups -OCH3 is 1. The molecule has 0 aliphatic heterocycles. The smallest absolute Gasteiger partial charge is 0.124 e. The van der Waals surface area contributed by atoms with E-state index < -0.39 is 0 Å². The van der Waals surface area contributed by atoms with E-state index in [1.807, 2.05) is 6.07 Å². The third-order valence-corrected chi connectivity index (χ3v) is 3.39. The predicted molar refractivity (Wildman–Crippen MR) is 77.0 cm³/mol. The van der Waals surface area contributed by atoms with Gasteiger partial charge in [0.05, 0.1) is 7.11 Å². The van der Waals surface area contributed by atoms with Gasteiger partial charge in [-0.3, -0.25) is 0 Å². The van der Waals surface area contributed by atoms with E-state index in [1.165, 1.54) is 17.2 Å². The highest BCUT2D eigenvalue weighted by Crippen LogP contribution is 2.33. The van der Waals surface area contributed by atoms with Crippen molar-refractivity contribution in [2.45, 2.75) is 32.2 Å². The van der Waals surface area contributed by atoms with Gasteiger partial charge in [-0.25, -0.2) is 0 Å². The Hall–Kier alpha value is -1.54. The first-order valence-electron chi connectivity index (χ1n) is 6.59. The Morgan fingerprint density at radius 2 is 1.94 bits per heavy atom. The molecule has 0 fully saturated rings. The molecule has 0 spiro atoms. The van der Waals surface area contributed by atoms with Gasteiger partial charge in [0.25, 0.3) is 0 Å². The molecule has 0 heterocycles. The molecule has 0 aromatic heterocycles.